The molecule has 1 heterocycles. The van der Waals surface area contributed by atoms with Crippen molar-refractivity contribution in [2.24, 2.45) is 5.73 Å². The molecule has 1 fully saturated rings. The van der Waals surface area contributed by atoms with E-state index < -0.39 is 5.54 Å². The number of nitrogens with one attached hydrogen (secondary N) is 1. The van der Waals surface area contributed by atoms with E-state index in [0.29, 0.717) is 12.8 Å². The summed E-state index contributed by atoms with van der Waals surface area (Å²) in [6, 6.07) is 7.88. The topological polar surface area (TPSA) is 74.9 Å². The number of nitrogens with two attached hydrogens (primary N) is 1. The van der Waals surface area contributed by atoms with Crippen LogP contribution in [0.15, 0.2) is 24.3 Å². The number of hydrogen-bond acceptors (Lipinski definition) is 3. The lowest BCUT2D eigenvalue weighted by molar-refractivity contribution is 0.0195. The minimum Gasteiger partial charge on any atom is -0.393 e. The van der Waals surface area contributed by atoms with Crippen LogP contribution in [0.1, 0.15) is 18.5 Å². The highest BCUT2D eigenvalue weighted by Gasteiger charge is 2.43. The Morgan fingerprint density at radius 2 is 2.13 bits per heavy atom. The fourth-order valence-electron chi connectivity index (χ4n) is 2.32. The Hall–Kier alpha value is -1.39. The molecule has 2 aromatic rings. The van der Waals surface area contributed by atoms with Gasteiger partial charge in [0.15, 0.2) is 0 Å². The second kappa shape index (κ2) is 2.81. The van der Waals surface area contributed by atoms with Gasteiger partial charge in [-0.3, -0.25) is 5.10 Å². The third-order valence-corrected chi connectivity index (χ3v) is 3.16. The van der Waals surface area contributed by atoms with E-state index in [-0.39, 0.29) is 6.10 Å². The zero-order valence-corrected chi connectivity index (χ0v) is 8.27. The monoisotopic (exact) mass is 203 g/mol. The number of H-pyrrole nitrogens is 1. The van der Waals surface area contributed by atoms with Gasteiger partial charge in [0.2, 0.25) is 0 Å². The zero-order chi connectivity index (χ0) is 10.5. The van der Waals surface area contributed by atoms with Crippen LogP contribution in [0.3, 0.4) is 0 Å². The summed E-state index contributed by atoms with van der Waals surface area (Å²) in [5.41, 5.74) is 7.65. The summed E-state index contributed by atoms with van der Waals surface area (Å²) in [6.45, 7) is 0. The number of nitrogens with zero attached hydrogens (tertiary/aromatic N) is 1. The van der Waals surface area contributed by atoms with Crippen molar-refractivity contribution in [2.45, 2.75) is 24.5 Å². The molecular formula is C11H13N3O. The lowest BCUT2D eigenvalue weighted by Crippen LogP contribution is -2.52. The van der Waals surface area contributed by atoms with Gasteiger partial charge in [-0.25, -0.2) is 0 Å². The molecule has 1 aliphatic carbocycles. The van der Waals surface area contributed by atoms with Crippen molar-refractivity contribution in [3.63, 3.8) is 0 Å². The van der Waals surface area contributed by atoms with Crippen LogP contribution in [0.4, 0.5) is 0 Å². The van der Waals surface area contributed by atoms with Crippen molar-refractivity contribution in [3.8, 4) is 0 Å². The molecule has 1 aliphatic rings. The smallest absolute Gasteiger partial charge is 0.0924 e. The Kier molecular flexibility index (Phi) is 1.66. The van der Waals surface area contributed by atoms with Gasteiger partial charge in [-0.2, -0.15) is 5.10 Å². The Balaban J connectivity index is 2.12. The van der Waals surface area contributed by atoms with Gasteiger partial charge in [0, 0.05) is 5.39 Å². The van der Waals surface area contributed by atoms with Gasteiger partial charge in [-0.15, -0.1) is 0 Å². The number of fused-ring (bicyclic) bond motifs is 1. The predicted molar refractivity (Wildman–Crippen MR) is 57.2 cm³/mol. The maximum atomic E-state index is 9.34. The molecule has 4 nitrogen and oxygen atoms in total. The highest BCUT2D eigenvalue weighted by Crippen LogP contribution is 2.40. The molecule has 1 aromatic carbocycles. The molecule has 0 saturated heterocycles. The van der Waals surface area contributed by atoms with E-state index in [2.05, 4.69) is 10.2 Å². The Morgan fingerprint density at radius 3 is 2.87 bits per heavy atom. The molecule has 0 atom stereocenters. The maximum Gasteiger partial charge on any atom is 0.0924 e. The van der Waals surface area contributed by atoms with Crippen molar-refractivity contribution in [2.75, 3.05) is 0 Å². The number of aromatic amines is 1. The highest BCUT2D eigenvalue weighted by molar-refractivity contribution is 5.82. The summed E-state index contributed by atoms with van der Waals surface area (Å²) in [5, 5.41) is 17.6. The normalized spacial score (nSPS) is 30.4. The second-order valence-corrected chi connectivity index (χ2v) is 4.33. The van der Waals surface area contributed by atoms with Crippen molar-refractivity contribution in [1.29, 1.82) is 0 Å². The molecule has 1 aromatic heterocycles. The van der Waals surface area contributed by atoms with E-state index >= 15 is 0 Å². The predicted octanol–water partition coefficient (Wildman–Crippen LogP) is 0.872. The van der Waals surface area contributed by atoms with Gasteiger partial charge in [0.05, 0.1) is 22.9 Å². The van der Waals surface area contributed by atoms with Crippen LogP contribution >= 0.6 is 0 Å². The Morgan fingerprint density at radius 1 is 1.40 bits per heavy atom. The van der Waals surface area contributed by atoms with E-state index in [0.717, 1.165) is 16.6 Å². The van der Waals surface area contributed by atoms with Crippen LogP contribution in [0.5, 0.6) is 0 Å². The van der Waals surface area contributed by atoms with Gasteiger partial charge < -0.3 is 10.8 Å². The van der Waals surface area contributed by atoms with E-state index in [9.17, 15) is 5.11 Å². The van der Waals surface area contributed by atoms with Crippen LogP contribution in [0.2, 0.25) is 0 Å². The quantitative estimate of drug-likeness (QED) is 0.643. The Labute approximate surface area is 87.1 Å². The van der Waals surface area contributed by atoms with E-state index in [4.69, 9.17) is 5.73 Å². The number of aliphatic hydroxyl groups excluding tert-OH is 1. The number of hydrogen-bond donors (Lipinski definition) is 3. The standard InChI is InChI=1S/C11H13N3O/c12-11(5-7(15)6-11)10-8-3-1-2-4-9(8)13-14-10/h1-4,7,15H,5-6,12H2,(H,13,14). The minimum atomic E-state index is -0.421. The van der Waals surface area contributed by atoms with E-state index in [1.807, 2.05) is 24.3 Å². The molecule has 15 heavy (non-hydrogen) atoms. The van der Waals surface area contributed by atoms with E-state index in [1.165, 1.54) is 0 Å². The average Bonchev–Trinajstić information content (AvgIpc) is 2.59. The zero-order valence-electron chi connectivity index (χ0n) is 8.27. The lowest BCUT2D eigenvalue weighted by Gasteiger charge is -2.41. The molecule has 0 aliphatic heterocycles. The van der Waals surface area contributed by atoms with Gasteiger partial charge in [-0.05, 0) is 18.9 Å². The summed E-state index contributed by atoms with van der Waals surface area (Å²) in [7, 11) is 0. The highest BCUT2D eigenvalue weighted by atomic mass is 16.3. The summed E-state index contributed by atoms with van der Waals surface area (Å²) in [4.78, 5) is 0. The van der Waals surface area contributed by atoms with Crippen LogP contribution in [-0.4, -0.2) is 21.4 Å². The number of rotatable bonds is 1. The van der Waals surface area contributed by atoms with Gasteiger partial charge in [0.1, 0.15) is 0 Å². The molecule has 0 spiro atoms. The summed E-state index contributed by atoms with van der Waals surface area (Å²) in [5.74, 6) is 0. The molecule has 4 heteroatoms. The summed E-state index contributed by atoms with van der Waals surface area (Å²) < 4.78 is 0. The largest absolute Gasteiger partial charge is 0.393 e. The van der Waals surface area contributed by atoms with Crippen LogP contribution in [0, 0.1) is 0 Å². The number of benzene rings is 1. The summed E-state index contributed by atoms with van der Waals surface area (Å²) in [6.07, 6.45) is 0.954. The van der Waals surface area contributed by atoms with Crippen molar-refractivity contribution in [3.05, 3.63) is 30.0 Å². The third-order valence-electron chi connectivity index (χ3n) is 3.16. The molecule has 0 unspecified atom stereocenters. The molecule has 0 bridgehead atoms. The van der Waals surface area contributed by atoms with Crippen LogP contribution in [0.25, 0.3) is 10.9 Å². The first-order valence-electron chi connectivity index (χ1n) is 5.10. The van der Waals surface area contributed by atoms with Crippen molar-refractivity contribution in [1.82, 2.24) is 10.2 Å². The van der Waals surface area contributed by atoms with Crippen molar-refractivity contribution < 1.29 is 5.11 Å². The summed E-state index contributed by atoms with van der Waals surface area (Å²) >= 11 is 0. The first kappa shape index (κ1) is 8.88. The van der Waals surface area contributed by atoms with Gasteiger partial charge in [-0.1, -0.05) is 18.2 Å². The maximum absolute atomic E-state index is 9.34. The molecular weight excluding hydrogens is 190 g/mol. The Bertz CT molecular complexity index is 499. The first-order valence-corrected chi connectivity index (χ1v) is 5.10. The molecule has 0 radical (unpaired) electrons. The van der Waals surface area contributed by atoms with Crippen LogP contribution < -0.4 is 5.73 Å². The minimum absolute atomic E-state index is 0.267. The molecule has 1 saturated carbocycles. The fraction of sp³-hybridized carbons (Fsp3) is 0.364. The number of para-hydroxylation sites is 1. The lowest BCUT2D eigenvalue weighted by atomic mass is 9.72. The molecule has 0 amide bonds. The average molecular weight is 203 g/mol. The number of aliphatic hydroxyl groups is 1. The van der Waals surface area contributed by atoms with Gasteiger partial charge in [0.25, 0.3) is 0 Å². The fourth-order valence-corrected chi connectivity index (χ4v) is 2.32. The second-order valence-electron chi connectivity index (χ2n) is 4.33. The van der Waals surface area contributed by atoms with Gasteiger partial charge >= 0.3 is 0 Å². The first-order chi connectivity index (χ1) is 7.19. The third kappa shape index (κ3) is 1.19. The molecule has 4 N–H and O–H groups in total. The SMILES string of the molecule is NC1(c2[nH]nc3ccccc23)CC(O)C1. The number of aromatic nitrogens is 2. The molecule has 78 valence electrons. The molecule has 3 rings (SSSR count). The van der Waals surface area contributed by atoms with Crippen molar-refractivity contribution >= 4 is 10.9 Å². The van der Waals surface area contributed by atoms with Crippen LogP contribution in [-0.2, 0) is 5.54 Å². The van der Waals surface area contributed by atoms with E-state index in [1.54, 1.807) is 0 Å².